The molecule has 2 aromatic heterocycles. The van der Waals surface area contributed by atoms with Crippen LogP contribution in [0.25, 0.3) is 0 Å². The first-order chi connectivity index (χ1) is 11.6. The summed E-state index contributed by atoms with van der Waals surface area (Å²) in [6, 6.07) is 5.75. The largest absolute Gasteiger partial charge is 0.481 e. The van der Waals surface area contributed by atoms with E-state index in [0.29, 0.717) is 38.9 Å². The third kappa shape index (κ3) is 3.98. The molecule has 0 unspecified atom stereocenters. The van der Waals surface area contributed by atoms with E-state index in [9.17, 15) is 9.59 Å². The van der Waals surface area contributed by atoms with Gasteiger partial charge in [-0.3, -0.25) is 19.3 Å². The van der Waals surface area contributed by atoms with E-state index in [4.69, 9.17) is 5.11 Å². The number of aromatic nitrogens is 3. The Morgan fingerprint density at radius 1 is 1.21 bits per heavy atom. The predicted octanol–water partition coefficient (Wildman–Crippen LogP) is 1.27. The fourth-order valence-corrected chi connectivity index (χ4v) is 2.85. The number of pyridine rings is 1. The molecule has 0 spiro atoms. The molecule has 3 rings (SSSR count). The number of aliphatic carboxylic acids is 1. The summed E-state index contributed by atoms with van der Waals surface area (Å²) in [5, 5.41) is 13.2. The first kappa shape index (κ1) is 16.2. The van der Waals surface area contributed by atoms with Crippen LogP contribution in [0, 0.1) is 0 Å². The van der Waals surface area contributed by atoms with E-state index in [1.165, 1.54) is 0 Å². The van der Waals surface area contributed by atoms with Crippen LogP contribution in [0.3, 0.4) is 0 Å². The Morgan fingerprint density at radius 2 is 2.08 bits per heavy atom. The molecular formula is C17H20N4O3. The van der Waals surface area contributed by atoms with Gasteiger partial charge in [-0.15, -0.1) is 0 Å². The number of carbonyl (C=O) groups excluding carboxylic acids is 1. The highest BCUT2D eigenvalue weighted by atomic mass is 16.4. The second-order valence-electron chi connectivity index (χ2n) is 5.92. The number of fused-ring (bicyclic) bond motifs is 1. The second kappa shape index (κ2) is 7.25. The lowest BCUT2D eigenvalue weighted by Crippen LogP contribution is -2.38. The summed E-state index contributed by atoms with van der Waals surface area (Å²) < 4.78 is 1.88. The summed E-state index contributed by atoms with van der Waals surface area (Å²) in [7, 11) is 0. The lowest BCUT2D eigenvalue weighted by Gasteiger charge is -2.27. The molecular weight excluding hydrogens is 308 g/mol. The van der Waals surface area contributed by atoms with Gasteiger partial charge in [-0.25, -0.2) is 0 Å². The van der Waals surface area contributed by atoms with Crippen LogP contribution in [-0.2, 0) is 35.5 Å². The molecule has 7 heteroatoms. The van der Waals surface area contributed by atoms with Crippen molar-refractivity contribution < 1.29 is 14.7 Å². The Hall–Kier alpha value is -2.70. The Kier molecular flexibility index (Phi) is 4.88. The molecule has 1 amide bonds. The van der Waals surface area contributed by atoms with Crippen LogP contribution in [0.5, 0.6) is 0 Å². The highest BCUT2D eigenvalue weighted by Gasteiger charge is 2.22. The summed E-state index contributed by atoms with van der Waals surface area (Å²) in [5.74, 6) is -0.702. The number of hydrogen-bond donors (Lipinski definition) is 1. The average Bonchev–Trinajstić information content (AvgIpc) is 3.01. The molecule has 0 aromatic carbocycles. The topological polar surface area (TPSA) is 88.3 Å². The van der Waals surface area contributed by atoms with Gasteiger partial charge >= 0.3 is 5.97 Å². The first-order valence-electron chi connectivity index (χ1n) is 8.06. The van der Waals surface area contributed by atoms with E-state index in [0.717, 1.165) is 17.0 Å². The molecule has 1 aliphatic heterocycles. The Bertz CT molecular complexity index is 727. The number of rotatable bonds is 6. The van der Waals surface area contributed by atoms with E-state index >= 15 is 0 Å². The SMILES string of the molecule is O=C(O)CCc1cc2n(n1)CCN(C(=O)CCc1cccnc1)C2. The highest BCUT2D eigenvalue weighted by Crippen LogP contribution is 2.16. The molecule has 1 N–H and O–H groups in total. The maximum absolute atomic E-state index is 12.4. The zero-order valence-corrected chi connectivity index (χ0v) is 13.4. The number of nitrogens with zero attached hydrogens (tertiary/aromatic N) is 4. The molecule has 0 aliphatic carbocycles. The number of carboxylic acid groups (broad SMARTS) is 1. The van der Waals surface area contributed by atoms with Crippen LogP contribution in [0.2, 0.25) is 0 Å². The van der Waals surface area contributed by atoms with E-state index < -0.39 is 5.97 Å². The molecule has 0 bridgehead atoms. The summed E-state index contributed by atoms with van der Waals surface area (Å²) >= 11 is 0. The van der Waals surface area contributed by atoms with Crippen molar-refractivity contribution in [3.05, 3.63) is 47.5 Å². The summed E-state index contributed by atoms with van der Waals surface area (Å²) in [6.07, 6.45) is 5.15. The molecule has 2 aromatic rings. The summed E-state index contributed by atoms with van der Waals surface area (Å²) in [6.45, 7) is 1.83. The summed E-state index contributed by atoms with van der Waals surface area (Å²) in [4.78, 5) is 29.0. The van der Waals surface area contributed by atoms with E-state index in [-0.39, 0.29) is 12.3 Å². The number of carboxylic acids is 1. The molecule has 1 aliphatic rings. The maximum Gasteiger partial charge on any atom is 0.303 e. The van der Waals surface area contributed by atoms with Crippen molar-refractivity contribution in [2.24, 2.45) is 0 Å². The van der Waals surface area contributed by atoms with E-state index in [2.05, 4.69) is 10.1 Å². The minimum absolute atomic E-state index is 0.0736. The minimum atomic E-state index is -0.826. The second-order valence-corrected chi connectivity index (χ2v) is 5.92. The predicted molar refractivity (Wildman–Crippen MR) is 86.2 cm³/mol. The maximum atomic E-state index is 12.4. The lowest BCUT2D eigenvalue weighted by atomic mass is 10.1. The fourth-order valence-electron chi connectivity index (χ4n) is 2.85. The van der Waals surface area contributed by atoms with Gasteiger partial charge in [-0.2, -0.15) is 5.10 Å². The van der Waals surface area contributed by atoms with Gasteiger partial charge < -0.3 is 10.0 Å². The number of aryl methyl sites for hydroxylation is 2. The molecule has 126 valence electrons. The third-order valence-electron chi connectivity index (χ3n) is 4.15. The van der Waals surface area contributed by atoms with Crippen molar-refractivity contribution in [3.8, 4) is 0 Å². The Labute approximate surface area is 139 Å². The van der Waals surface area contributed by atoms with Gasteiger partial charge in [0.25, 0.3) is 0 Å². The highest BCUT2D eigenvalue weighted by molar-refractivity contribution is 5.76. The van der Waals surface area contributed by atoms with E-state index in [1.54, 1.807) is 12.4 Å². The third-order valence-corrected chi connectivity index (χ3v) is 4.15. The lowest BCUT2D eigenvalue weighted by molar-refractivity contribution is -0.137. The standard InChI is InChI=1S/C17H20N4O3/c22-16(5-3-13-2-1-7-18-11-13)20-8-9-21-15(12-20)10-14(19-21)4-6-17(23)24/h1-2,7,10-11H,3-6,8-9,12H2,(H,23,24). The monoisotopic (exact) mass is 328 g/mol. The van der Waals surface area contributed by atoms with Crippen molar-refractivity contribution in [1.82, 2.24) is 19.7 Å². The zero-order valence-electron chi connectivity index (χ0n) is 13.4. The van der Waals surface area contributed by atoms with E-state index in [1.807, 2.05) is 27.8 Å². The van der Waals surface area contributed by atoms with Crippen molar-refractivity contribution in [2.45, 2.75) is 38.8 Å². The Balaban J connectivity index is 1.56. The van der Waals surface area contributed by atoms with Gasteiger partial charge in [0.2, 0.25) is 5.91 Å². The van der Waals surface area contributed by atoms with Crippen molar-refractivity contribution in [3.63, 3.8) is 0 Å². The van der Waals surface area contributed by atoms with Gasteiger partial charge in [0.15, 0.2) is 0 Å². The average molecular weight is 328 g/mol. The number of carbonyl (C=O) groups is 2. The van der Waals surface area contributed by atoms with Crippen LogP contribution in [0.1, 0.15) is 29.8 Å². The molecule has 24 heavy (non-hydrogen) atoms. The van der Waals surface area contributed by atoms with Crippen LogP contribution >= 0.6 is 0 Å². The van der Waals surface area contributed by atoms with Crippen LogP contribution in [-0.4, -0.2) is 43.2 Å². The molecule has 0 radical (unpaired) electrons. The number of hydrogen-bond acceptors (Lipinski definition) is 4. The van der Waals surface area contributed by atoms with Crippen molar-refractivity contribution >= 4 is 11.9 Å². The van der Waals surface area contributed by atoms with Crippen LogP contribution in [0.4, 0.5) is 0 Å². The van der Waals surface area contributed by atoms with Gasteiger partial charge in [0.05, 0.1) is 30.9 Å². The molecule has 7 nitrogen and oxygen atoms in total. The van der Waals surface area contributed by atoms with Gasteiger partial charge in [-0.05, 0) is 24.1 Å². The fraction of sp³-hybridized carbons (Fsp3) is 0.412. The molecule has 0 saturated heterocycles. The quantitative estimate of drug-likeness (QED) is 0.863. The molecule has 0 fully saturated rings. The molecule has 0 saturated carbocycles. The van der Waals surface area contributed by atoms with Crippen LogP contribution < -0.4 is 0 Å². The molecule has 0 atom stereocenters. The minimum Gasteiger partial charge on any atom is -0.481 e. The normalized spacial score (nSPS) is 13.6. The smallest absolute Gasteiger partial charge is 0.303 e. The molecule has 3 heterocycles. The first-order valence-corrected chi connectivity index (χ1v) is 8.06. The van der Waals surface area contributed by atoms with Crippen LogP contribution in [0.15, 0.2) is 30.6 Å². The van der Waals surface area contributed by atoms with Crippen molar-refractivity contribution in [2.75, 3.05) is 6.54 Å². The van der Waals surface area contributed by atoms with Gasteiger partial charge in [-0.1, -0.05) is 6.07 Å². The van der Waals surface area contributed by atoms with Gasteiger partial charge in [0.1, 0.15) is 0 Å². The number of amides is 1. The van der Waals surface area contributed by atoms with Crippen molar-refractivity contribution in [1.29, 1.82) is 0 Å². The Morgan fingerprint density at radius 3 is 2.83 bits per heavy atom. The van der Waals surface area contributed by atoms with Gasteiger partial charge in [0, 0.05) is 31.8 Å². The zero-order chi connectivity index (χ0) is 16.9. The summed E-state index contributed by atoms with van der Waals surface area (Å²) in [5.41, 5.74) is 2.80.